The van der Waals surface area contributed by atoms with Crippen LogP contribution in [0.5, 0.6) is 11.5 Å². The van der Waals surface area contributed by atoms with Crippen LogP contribution in [-0.2, 0) is 26.0 Å². The molecule has 300 valence electrons. The molecule has 0 saturated carbocycles. The molecule has 2 amide bonds. The fourth-order valence-corrected chi connectivity index (χ4v) is 8.12. The zero-order chi connectivity index (χ0) is 40.5. The van der Waals surface area contributed by atoms with Crippen LogP contribution >= 0.6 is 27.5 Å². The minimum Gasteiger partial charge on any atom is -0.497 e. The Bertz CT molecular complexity index is 1810. The van der Waals surface area contributed by atoms with E-state index in [1.807, 2.05) is 27.7 Å². The normalized spacial score (nSPS) is 13.3. The summed E-state index contributed by atoms with van der Waals surface area (Å²) in [5, 5.41) is 9.30. The molecule has 0 saturated heterocycles. The molecule has 0 bridgehead atoms. The topological polar surface area (TPSA) is 183 Å². The predicted octanol–water partition coefficient (Wildman–Crippen LogP) is 7.38. The Morgan fingerprint density at radius 3 is 2.20 bits per heavy atom. The lowest BCUT2D eigenvalue weighted by molar-refractivity contribution is 0.0472. The summed E-state index contributed by atoms with van der Waals surface area (Å²) < 4.78 is 55.6. The maximum absolute atomic E-state index is 14.2. The smallest absolute Gasteiger partial charge is 0.407 e. The molecule has 0 unspecified atom stereocenters. The molecule has 2 atom stereocenters. The maximum Gasteiger partial charge on any atom is 0.407 e. The molecule has 3 rings (SSSR count). The molecular weight excluding hydrogens is 802 g/mol. The Hall–Kier alpha value is -3.90. The van der Waals surface area contributed by atoms with E-state index in [0.29, 0.717) is 53.3 Å². The van der Waals surface area contributed by atoms with Gasteiger partial charge in [-0.1, -0.05) is 13.8 Å². The van der Waals surface area contributed by atoms with Crippen molar-refractivity contribution in [1.29, 1.82) is 0 Å². The molecule has 0 spiro atoms. The number of carbonyl (C=O) groups is 2. The van der Waals surface area contributed by atoms with Crippen molar-refractivity contribution in [2.75, 3.05) is 36.9 Å². The number of nitrogens with one attached hydrogen (secondary N) is 3. The van der Waals surface area contributed by atoms with Gasteiger partial charge in [-0.25, -0.2) is 32.3 Å². The van der Waals surface area contributed by atoms with Crippen molar-refractivity contribution in [3.8, 4) is 11.5 Å². The third kappa shape index (κ3) is 13.7. The van der Waals surface area contributed by atoms with Crippen molar-refractivity contribution < 1.29 is 37.0 Å². The monoisotopic (exact) mass is 855 g/mol. The van der Waals surface area contributed by atoms with E-state index < -0.39 is 33.4 Å². The van der Waals surface area contributed by atoms with E-state index in [0.717, 1.165) is 15.8 Å². The van der Waals surface area contributed by atoms with Crippen molar-refractivity contribution >= 4 is 60.6 Å². The number of hydrogen-bond acceptors (Lipinski definition) is 13. The number of benzene rings is 1. The van der Waals surface area contributed by atoms with Crippen LogP contribution < -0.4 is 29.7 Å². The summed E-state index contributed by atoms with van der Waals surface area (Å²) in [5.74, 6) is 1.28. The number of halogens is 1. The van der Waals surface area contributed by atoms with Crippen molar-refractivity contribution in [3.63, 3.8) is 0 Å². The number of rotatable bonds is 17. The lowest BCUT2D eigenvalue weighted by Crippen LogP contribution is -2.44. The van der Waals surface area contributed by atoms with E-state index in [1.54, 1.807) is 39.0 Å². The van der Waals surface area contributed by atoms with Crippen molar-refractivity contribution in [2.45, 2.75) is 104 Å². The fourth-order valence-electron chi connectivity index (χ4n) is 5.38. The van der Waals surface area contributed by atoms with Crippen LogP contribution in [0.25, 0.3) is 0 Å². The van der Waals surface area contributed by atoms with Gasteiger partial charge in [0.2, 0.25) is 5.13 Å². The van der Waals surface area contributed by atoms with E-state index in [4.69, 9.17) is 18.9 Å². The number of alkyl carbamates (subject to hydrolysis) is 2. The number of aromatic nitrogens is 3. The Balaban J connectivity index is 1.83. The quantitative estimate of drug-likeness (QED) is 0.123. The zero-order valence-electron chi connectivity index (χ0n) is 32.9. The molecule has 18 heteroatoms. The molecular formula is C36H54BrN7O8S2. The molecule has 0 aliphatic rings. The summed E-state index contributed by atoms with van der Waals surface area (Å²) in [6, 6.07) is 6.28. The first-order valence-electron chi connectivity index (χ1n) is 17.4. The van der Waals surface area contributed by atoms with Crippen LogP contribution in [0.2, 0.25) is 0 Å². The molecule has 2 heterocycles. The number of anilines is 2. The number of nitrogens with zero attached hydrogens (tertiary/aromatic N) is 4. The SMILES string of the molecule is COc1ccc(CN(c2ncns2)S(=O)(=O)c2cnc(NC[C@H](CC(C)(C)CCNC(=O)OC(C)(C)C)[C@@H](C)NC(=O)OC(C)(C)C)c(Br)c2)c(OC)c1. The largest absolute Gasteiger partial charge is 0.497 e. The van der Waals surface area contributed by atoms with Gasteiger partial charge in [-0.3, -0.25) is 0 Å². The van der Waals surface area contributed by atoms with E-state index in [2.05, 4.69) is 60.1 Å². The lowest BCUT2D eigenvalue weighted by atomic mass is 9.77. The Morgan fingerprint density at radius 2 is 1.63 bits per heavy atom. The maximum atomic E-state index is 14.2. The fraction of sp³-hybridized carbons (Fsp3) is 0.583. The summed E-state index contributed by atoms with van der Waals surface area (Å²) in [6.45, 7) is 17.6. The molecule has 3 aromatic rings. The first-order chi connectivity index (χ1) is 25.0. The lowest BCUT2D eigenvalue weighted by Gasteiger charge is -2.34. The highest BCUT2D eigenvalue weighted by Crippen LogP contribution is 2.34. The molecule has 0 radical (unpaired) electrons. The molecule has 2 aromatic heterocycles. The highest BCUT2D eigenvalue weighted by Gasteiger charge is 2.32. The number of ether oxygens (including phenoxy) is 4. The first-order valence-corrected chi connectivity index (χ1v) is 20.4. The van der Waals surface area contributed by atoms with E-state index in [-0.39, 0.29) is 33.9 Å². The number of sulfonamides is 1. The molecule has 1 aromatic carbocycles. The number of hydrogen-bond donors (Lipinski definition) is 3. The van der Waals surface area contributed by atoms with Gasteiger partial charge in [-0.2, -0.15) is 4.37 Å². The van der Waals surface area contributed by atoms with E-state index in [9.17, 15) is 18.0 Å². The second kappa shape index (κ2) is 18.6. The van der Waals surface area contributed by atoms with Gasteiger partial charge in [-0.15, -0.1) is 0 Å². The zero-order valence-corrected chi connectivity index (χ0v) is 36.1. The van der Waals surface area contributed by atoms with Crippen LogP contribution in [0.3, 0.4) is 0 Å². The van der Waals surface area contributed by atoms with E-state index in [1.165, 1.54) is 32.8 Å². The highest BCUT2D eigenvalue weighted by molar-refractivity contribution is 9.10. The summed E-state index contributed by atoms with van der Waals surface area (Å²) >= 11 is 4.47. The highest BCUT2D eigenvalue weighted by atomic mass is 79.9. The predicted molar refractivity (Wildman–Crippen MR) is 213 cm³/mol. The molecule has 0 aliphatic carbocycles. The third-order valence-electron chi connectivity index (χ3n) is 8.04. The van der Waals surface area contributed by atoms with Crippen LogP contribution in [-0.4, -0.2) is 79.5 Å². The second-order valence-corrected chi connectivity index (χ2v) is 19.0. The molecule has 3 N–H and O–H groups in total. The van der Waals surface area contributed by atoms with E-state index >= 15 is 0 Å². The van der Waals surface area contributed by atoms with Crippen molar-refractivity contribution in [3.05, 3.63) is 46.8 Å². The van der Waals surface area contributed by atoms with Gasteiger partial charge in [0.1, 0.15) is 39.7 Å². The summed E-state index contributed by atoms with van der Waals surface area (Å²) in [6.07, 6.45) is 2.84. The standard InChI is InChI=1S/C36H54BrN7O8S2/c1-23(43-33(46)52-35(5,6)7)25(18-36(8,9)14-15-38-32(45)51-34(2,3)4)19-39-30-28(37)17-27(20-40-30)54(47,48)44(31-41-22-42-53-31)21-24-12-13-26(49-10)16-29(24)50-11/h12-13,16-17,20,22-23,25H,14-15,18-19,21H2,1-11H3,(H,38,45)(H,39,40)(H,43,46)/t23-,25+/m1/s1. The minimum absolute atomic E-state index is 0.0715. The van der Waals surface area contributed by atoms with Gasteiger partial charge in [-0.05, 0) is 107 Å². The van der Waals surface area contributed by atoms with Gasteiger partial charge >= 0.3 is 12.2 Å². The summed E-state index contributed by atoms with van der Waals surface area (Å²) in [7, 11) is -1.16. The second-order valence-electron chi connectivity index (χ2n) is 15.5. The van der Waals surface area contributed by atoms with Crippen molar-refractivity contribution in [2.24, 2.45) is 11.3 Å². The first kappa shape index (κ1) is 44.5. The molecule has 15 nitrogen and oxygen atoms in total. The van der Waals surface area contributed by atoms with Crippen LogP contribution in [0.15, 0.2) is 46.2 Å². The Labute approximate surface area is 331 Å². The average Bonchev–Trinajstić information content (AvgIpc) is 3.58. The van der Waals surface area contributed by atoms with Gasteiger partial charge in [0.05, 0.1) is 25.2 Å². The van der Waals surface area contributed by atoms with Crippen LogP contribution in [0, 0.1) is 11.3 Å². The number of methoxy groups -OCH3 is 2. The molecule has 0 aliphatic heterocycles. The van der Waals surface area contributed by atoms with Gasteiger partial charge in [0, 0.05) is 48.5 Å². The summed E-state index contributed by atoms with van der Waals surface area (Å²) in [5.41, 5.74) is -0.957. The number of pyridine rings is 1. The third-order valence-corrected chi connectivity index (χ3v) is 11.2. The summed E-state index contributed by atoms with van der Waals surface area (Å²) in [4.78, 5) is 33.6. The molecule has 54 heavy (non-hydrogen) atoms. The molecule has 0 fully saturated rings. The number of carbonyl (C=O) groups excluding carboxylic acids is 2. The average molecular weight is 857 g/mol. The van der Waals surface area contributed by atoms with Crippen molar-refractivity contribution in [1.82, 2.24) is 25.0 Å². The van der Waals surface area contributed by atoms with Gasteiger partial charge in [0.25, 0.3) is 10.0 Å². The van der Waals surface area contributed by atoms with Crippen LogP contribution in [0.1, 0.15) is 80.7 Å². The minimum atomic E-state index is -4.19. The van der Waals surface area contributed by atoms with Crippen LogP contribution in [0.4, 0.5) is 20.5 Å². The Morgan fingerprint density at radius 1 is 0.963 bits per heavy atom. The van der Waals surface area contributed by atoms with Gasteiger partial charge in [0.15, 0.2) is 0 Å². The Kier molecular flexibility index (Phi) is 15.3. The van der Waals surface area contributed by atoms with Gasteiger partial charge < -0.3 is 34.9 Å². The number of amides is 2.